The van der Waals surface area contributed by atoms with Crippen molar-refractivity contribution >= 4 is 11.3 Å². The van der Waals surface area contributed by atoms with Crippen molar-refractivity contribution in [3.63, 3.8) is 0 Å². The first kappa shape index (κ1) is 12.6. The molecule has 0 fully saturated rings. The van der Waals surface area contributed by atoms with Crippen LogP contribution in [0.3, 0.4) is 0 Å². The van der Waals surface area contributed by atoms with Gasteiger partial charge in [0.2, 0.25) is 0 Å². The average molecular weight is 228 g/mol. The van der Waals surface area contributed by atoms with Crippen molar-refractivity contribution in [1.29, 1.82) is 0 Å². The van der Waals surface area contributed by atoms with Crippen molar-refractivity contribution < 1.29 is 0 Å². The van der Waals surface area contributed by atoms with Gasteiger partial charge >= 0.3 is 0 Å². The second-order valence-electron chi connectivity index (χ2n) is 4.08. The fourth-order valence-corrected chi connectivity index (χ4v) is 2.47. The summed E-state index contributed by atoms with van der Waals surface area (Å²) < 4.78 is 0. The fraction of sp³-hybridized carbons (Fsp3) is 0.700. The summed E-state index contributed by atoms with van der Waals surface area (Å²) in [6.07, 6.45) is 0.897. The predicted molar refractivity (Wildman–Crippen MR) is 65.0 cm³/mol. The number of nitrogens with two attached hydrogens (primary N) is 1. The van der Waals surface area contributed by atoms with Crippen LogP contribution in [0.2, 0.25) is 0 Å². The highest BCUT2D eigenvalue weighted by molar-refractivity contribution is 7.11. The van der Waals surface area contributed by atoms with Gasteiger partial charge in [-0.15, -0.1) is 11.3 Å². The minimum atomic E-state index is 0.268. The molecule has 0 aromatic carbocycles. The van der Waals surface area contributed by atoms with Crippen LogP contribution in [0.15, 0.2) is 0 Å². The van der Waals surface area contributed by atoms with E-state index in [1.165, 1.54) is 4.88 Å². The number of rotatable bonds is 5. The SMILES string of the molecule is Cc1nc(CC(CN(C)C)NN)sc1C. The van der Waals surface area contributed by atoms with Crippen LogP contribution in [0, 0.1) is 13.8 Å². The molecule has 0 spiro atoms. The van der Waals surface area contributed by atoms with E-state index in [1.807, 2.05) is 21.0 Å². The van der Waals surface area contributed by atoms with Gasteiger partial charge in [-0.2, -0.15) is 0 Å². The van der Waals surface area contributed by atoms with Crippen molar-refractivity contribution in [3.05, 3.63) is 15.6 Å². The molecule has 0 aliphatic carbocycles. The molecule has 1 atom stereocenters. The third-order valence-electron chi connectivity index (χ3n) is 2.32. The first-order chi connectivity index (χ1) is 7.02. The Labute approximate surface area is 95.5 Å². The van der Waals surface area contributed by atoms with Gasteiger partial charge < -0.3 is 4.90 Å². The van der Waals surface area contributed by atoms with Crippen LogP contribution in [0.25, 0.3) is 0 Å². The quantitative estimate of drug-likeness (QED) is 0.575. The Morgan fingerprint density at radius 2 is 2.13 bits per heavy atom. The maximum Gasteiger partial charge on any atom is 0.0947 e. The molecule has 0 saturated heterocycles. The molecule has 86 valence electrons. The number of hydrogen-bond donors (Lipinski definition) is 2. The molecule has 0 saturated carbocycles. The third kappa shape index (κ3) is 3.87. The zero-order valence-corrected chi connectivity index (χ0v) is 10.7. The number of thiazole rings is 1. The van der Waals surface area contributed by atoms with Crippen LogP contribution in [-0.4, -0.2) is 36.6 Å². The number of nitrogens with zero attached hydrogens (tertiary/aromatic N) is 2. The first-order valence-electron chi connectivity index (χ1n) is 5.06. The van der Waals surface area contributed by atoms with Crippen molar-refractivity contribution in [3.8, 4) is 0 Å². The molecule has 1 aromatic rings. The lowest BCUT2D eigenvalue weighted by molar-refractivity contribution is 0.338. The Morgan fingerprint density at radius 1 is 1.47 bits per heavy atom. The number of aryl methyl sites for hydroxylation is 2. The average Bonchev–Trinajstić information content (AvgIpc) is 2.44. The van der Waals surface area contributed by atoms with E-state index in [-0.39, 0.29) is 6.04 Å². The normalized spacial score (nSPS) is 13.5. The fourth-order valence-electron chi connectivity index (χ4n) is 1.45. The number of hydrazine groups is 1. The number of aromatic nitrogens is 1. The summed E-state index contributed by atoms with van der Waals surface area (Å²) in [5.41, 5.74) is 3.97. The highest BCUT2D eigenvalue weighted by Crippen LogP contribution is 2.17. The van der Waals surface area contributed by atoms with Gasteiger partial charge in [-0.1, -0.05) is 0 Å². The molecule has 1 heterocycles. The Hall–Kier alpha value is -0.490. The zero-order valence-electron chi connectivity index (χ0n) is 9.87. The maximum absolute atomic E-state index is 5.51. The van der Waals surface area contributed by atoms with Gasteiger partial charge in [-0.05, 0) is 27.9 Å². The van der Waals surface area contributed by atoms with E-state index in [1.54, 1.807) is 11.3 Å². The summed E-state index contributed by atoms with van der Waals surface area (Å²) in [5.74, 6) is 5.51. The predicted octanol–water partition coefficient (Wildman–Crippen LogP) is 0.696. The summed E-state index contributed by atoms with van der Waals surface area (Å²) in [4.78, 5) is 7.93. The van der Waals surface area contributed by atoms with Crippen molar-refractivity contribution in [2.75, 3.05) is 20.6 Å². The zero-order chi connectivity index (χ0) is 11.4. The maximum atomic E-state index is 5.51. The van der Waals surface area contributed by atoms with Crippen molar-refractivity contribution in [1.82, 2.24) is 15.3 Å². The van der Waals surface area contributed by atoms with E-state index < -0.39 is 0 Å². The highest BCUT2D eigenvalue weighted by atomic mass is 32.1. The molecule has 1 unspecified atom stereocenters. The van der Waals surface area contributed by atoms with Gasteiger partial charge in [0.15, 0.2) is 0 Å². The molecule has 0 radical (unpaired) electrons. The molecule has 0 aliphatic rings. The lowest BCUT2D eigenvalue weighted by atomic mass is 10.2. The Kier molecular flexibility index (Phi) is 4.66. The number of hydrogen-bond acceptors (Lipinski definition) is 5. The molecule has 1 aromatic heterocycles. The molecular weight excluding hydrogens is 208 g/mol. The molecule has 4 nitrogen and oxygen atoms in total. The minimum absolute atomic E-state index is 0.268. The Morgan fingerprint density at radius 3 is 2.53 bits per heavy atom. The van der Waals surface area contributed by atoms with Gasteiger partial charge in [-0.25, -0.2) is 4.98 Å². The van der Waals surface area contributed by atoms with Gasteiger partial charge in [0.1, 0.15) is 0 Å². The largest absolute Gasteiger partial charge is 0.308 e. The molecule has 15 heavy (non-hydrogen) atoms. The number of likely N-dealkylation sites (N-methyl/N-ethyl adjacent to an activating group) is 1. The van der Waals surface area contributed by atoms with Gasteiger partial charge in [0.05, 0.1) is 10.7 Å². The van der Waals surface area contributed by atoms with Crippen LogP contribution >= 0.6 is 11.3 Å². The van der Waals surface area contributed by atoms with Crippen LogP contribution in [0.1, 0.15) is 15.6 Å². The summed E-state index contributed by atoms with van der Waals surface area (Å²) >= 11 is 1.76. The molecule has 5 heteroatoms. The van der Waals surface area contributed by atoms with Crippen molar-refractivity contribution in [2.24, 2.45) is 5.84 Å². The second kappa shape index (κ2) is 5.55. The summed E-state index contributed by atoms with van der Waals surface area (Å²) in [6, 6.07) is 0.268. The molecule has 0 aliphatic heterocycles. The van der Waals surface area contributed by atoms with Crippen LogP contribution in [0.4, 0.5) is 0 Å². The topological polar surface area (TPSA) is 54.2 Å². The van der Waals surface area contributed by atoms with Crippen molar-refractivity contribution in [2.45, 2.75) is 26.3 Å². The van der Waals surface area contributed by atoms with Gasteiger partial charge in [0, 0.05) is 23.9 Å². The van der Waals surface area contributed by atoms with E-state index in [4.69, 9.17) is 5.84 Å². The smallest absolute Gasteiger partial charge is 0.0947 e. The highest BCUT2D eigenvalue weighted by Gasteiger charge is 2.12. The van der Waals surface area contributed by atoms with Crippen LogP contribution in [0.5, 0.6) is 0 Å². The molecule has 0 amide bonds. The van der Waals surface area contributed by atoms with Gasteiger partial charge in [0.25, 0.3) is 0 Å². The van der Waals surface area contributed by atoms with E-state index in [2.05, 4.69) is 22.2 Å². The monoisotopic (exact) mass is 228 g/mol. The molecule has 0 bridgehead atoms. The lowest BCUT2D eigenvalue weighted by Crippen LogP contribution is -2.43. The summed E-state index contributed by atoms with van der Waals surface area (Å²) in [7, 11) is 4.09. The molecule has 3 N–H and O–H groups in total. The standard InChI is InChI=1S/C10H20N4S/c1-7-8(2)15-10(12-7)5-9(13-11)6-14(3)4/h9,13H,5-6,11H2,1-4H3. The van der Waals surface area contributed by atoms with E-state index in [0.717, 1.165) is 23.7 Å². The molecular formula is C10H20N4S. The first-order valence-corrected chi connectivity index (χ1v) is 5.88. The molecule has 1 rings (SSSR count). The lowest BCUT2D eigenvalue weighted by Gasteiger charge is -2.18. The van der Waals surface area contributed by atoms with E-state index >= 15 is 0 Å². The van der Waals surface area contributed by atoms with E-state index in [0.29, 0.717) is 0 Å². The summed E-state index contributed by atoms with van der Waals surface area (Å²) in [6.45, 7) is 5.08. The van der Waals surface area contributed by atoms with E-state index in [9.17, 15) is 0 Å². The minimum Gasteiger partial charge on any atom is -0.308 e. The van der Waals surface area contributed by atoms with Crippen LogP contribution < -0.4 is 11.3 Å². The third-order valence-corrected chi connectivity index (χ3v) is 3.41. The Balaban J connectivity index is 2.58. The van der Waals surface area contributed by atoms with Crippen LogP contribution in [-0.2, 0) is 6.42 Å². The second-order valence-corrected chi connectivity index (χ2v) is 5.37. The number of nitrogens with one attached hydrogen (secondary N) is 1. The Bertz CT molecular complexity index is 289. The summed E-state index contributed by atoms with van der Waals surface area (Å²) in [5, 5.41) is 1.16. The van der Waals surface area contributed by atoms with Gasteiger partial charge in [-0.3, -0.25) is 11.3 Å².